The van der Waals surface area contributed by atoms with Crippen LogP contribution in [0.25, 0.3) is 11.4 Å². The highest BCUT2D eigenvalue weighted by Crippen LogP contribution is 2.33. The molecule has 32 heavy (non-hydrogen) atoms. The van der Waals surface area contributed by atoms with Crippen molar-refractivity contribution in [2.24, 2.45) is 0 Å². The Labute approximate surface area is 192 Å². The molecule has 3 aromatic rings. The summed E-state index contributed by atoms with van der Waals surface area (Å²) >= 11 is 1.69. The topological polar surface area (TPSA) is 92.8 Å². The predicted octanol–water partition coefficient (Wildman–Crippen LogP) is 3.37. The van der Waals surface area contributed by atoms with Crippen molar-refractivity contribution in [1.29, 1.82) is 0 Å². The van der Waals surface area contributed by atoms with E-state index >= 15 is 0 Å². The van der Waals surface area contributed by atoms with Gasteiger partial charge in [-0.3, -0.25) is 0 Å². The molecule has 2 atom stereocenters. The lowest BCUT2D eigenvalue weighted by atomic mass is 9.97. The third kappa shape index (κ3) is 4.14. The van der Waals surface area contributed by atoms with Crippen LogP contribution in [-0.2, 0) is 19.4 Å². The van der Waals surface area contributed by atoms with Crippen LogP contribution in [0.15, 0.2) is 30.1 Å². The Morgan fingerprint density at radius 3 is 2.88 bits per heavy atom. The molecule has 2 unspecified atom stereocenters. The lowest BCUT2D eigenvalue weighted by Crippen LogP contribution is -2.30. The molecule has 9 heteroatoms. The molecule has 0 saturated carbocycles. The summed E-state index contributed by atoms with van der Waals surface area (Å²) in [4.78, 5) is 9.14. The molecule has 2 aliphatic rings. The van der Waals surface area contributed by atoms with Crippen LogP contribution >= 0.6 is 11.8 Å². The molecule has 1 aliphatic heterocycles. The molecule has 0 bridgehead atoms. The number of nitrogens with one attached hydrogen (secondary N) is 2. The third-order valence-electron chi connectivity index (χ3n) is 5.86. The van der Waals surface area contributed by atoms with Gasteiger partial charge in [0.25, 0.3) is 0 Å². The van der Waals surface area contributed by atoms with Crippen molar-refractivity contribution < 1.29 is 5.11 Å². The number of rotatable bonds is 6. The molecular weight excluding hydrogens is 422 g/mol. The van der Waals surface area contributed by atoms with Crippen molar-refractivity contribution in [1.82, 2.24) is 29.6 Å². The molecule has 0 spiro atoms. The highest BCUT2D eigenvalue weighted by atomic mass is 32.2. The molecule has 0 amide bonds. The quantitative estimate of drug-likeness (QED) is 0.529. The minimum Gasteiger partial charge on any atom is -0.391 e. The predicted molar refractivity (Wildman–Crippen MR) is 127 cm³/mol. The highest BCUT2D eigenvalue weighted by Gasteiger charge is 2.26. The molecule has 0 aromatic carbocycles. The minimum absolute atomic E-state index is 0.0152. The zero-order valence-electron chi connectivity index (χ0n) is 18.7. The first kappa shape index (κ1) is 21.1. The number of fused-ring (bicyclic) bond motifs is 1. The fraction of sp³-hybridized carbons (Fsp3) is 0.435. The largest absolute Gasteiger partial charge is 0.391 e. The van der Waals surface area contributed by atoms with Crippen molar-refractivity contribution in [3.8, 4) is 5.69 Å². The van der Waals surface area contributed by atoms with E-state index in [9.17, 15) is 5.11 Å². The van der Waals surface area contributed by atoms with Crippen molar-refractivity contribution in [2.75, 3.05) is 5.32 Å². The van der Waals surface area contributed by atoms with Gasteiger partial charge in [-0.1, -0.05) is 11.8 Å². The summed E-state index contributed by atoms with van der Waals surface area (Å²) in [7, 11) is 0. The number of hydrogen-bond donors (Lipinski definition) is 3. The minimum atomic E-state index is -0.445. The molecule has 0 fully saturated rings. The Kier molecular flexibility index (Phi) is 5.69. The van der Waals surface area contributed by atoms with Crippen LogP contribution in [-0.4, -0.2) is 41.0 Å². The smallest absolute Gasteiger partial charge is 0.151 e. The SMILES string of the molecule is Cc1cn(-c2ccc(C3=CSC(Nc4c5c(nn4CC(C)O)CCCC5)N3)nc2C)cn1. The number of pyridine rings is 1. The molecule has 8 nitrogen and oxygen atoms in total. The van der Waals surface area contributed by atoms with Crippen LogP contribution in [0.4, 0.5) is 5.82 Å². The van der Waals surface area contributed by atoms with Crippen molar-refractivity contribution >= 4 is 23.3 Å². The number of aliphatic hydroxyl groups excluding tert-OH is 1. The Balaban J connectivity index is 1.32. The Morgan fingerprint density at radius 1 is 1.28 bits per heavy atom. The van der Waals surface area contributed by atoms with E-state index in [1.54, 1.807) is 18.7 Å². The van der Waals surface area contributed by atoms with Crippen LogP contribution < -0.4 is 10.6 Å². The summed E-state index contributed by atoms with van der Waals surface area (Å²) in [6.07, 6.45) is 7.79. The van der Waals surface area contributed by atoms with Gasteiger partial charge in [0.15, 0.2) is 5.50 Å². The third-order valence-corrected chi connectivity index (χ3v) is 6.74. The number of nitrogens with zero attached hydrogens (tertiary/aromatic N) is 5. The molecule has 0 radical (unpaired) electrons. The average molecular weight is 452 g/mol. The molecule has 3 N–H and O–H groups in total. The van der Waals surface area contributed by atoms with Gasteiger partial charge in [0, 0.05) is 17.2 Å². The number of imidazole rings is 1. The maximum absolute atomic E-state index is 9.94. The van der Waals surface area contributed by atoms with E-state index in [1.165, 1.54) is 18.4 Å². The summed E-state index contributed by atoms with van der Waals surface area (Å²) in [6.45, 7) is 6.29. The van der Waals surface area contributed by atoms with Crippen LogP contribution in [0, 0.1) is 13.8 Å². The number of aromatic nitrogens is 5. The second kappa shape index (κ2) is 8.63. The van der Waals surface area contributed by atoms with E-state index in [2.05, 4.69) is 27.1 Å². The van der Waals surface area contributed by atoms with E-state index < -0.39 is 6.10 Å². The number of aryl methyl sites for hydroxylation is 3. The van der Waals surface area contributed by atoms with Crippen LogP contribution in [0.5, 0.6) is 0 Å². The second-order valence-electron chi connectivity index (χ2n) is 8.57. The van der Waals surface area contributed by atoms with Gasteiger partial charge in [0.2, 0.25) is 0 Å². The monoisotopic (exact) mass is 451 g/mol. The van der Waals surface area contributed by atoms with Gasteiger partial charge in [-0.15, -0.1) is 0 Å². The number of aliphatic hydroxyl groups is 1. The Hall–Kier alpha value is -2.78. The molecular formula is C23H29N7OS. The van der Waals surface area contributed by atoms with E-state index in [-0.39, 0.29) is 5.50 Å². The van der Waals surface area contributed by atoms with Gasteiger partial charge >= 0.3 is 0 Å². The highest BCUT2D eigenvalue weighted by molar-refractivity contribution is 8.03. The maximum Gasteiger partial charge on any atom is 0.151 e. The summed E-state index contributed by atoms with van der Waals surface area (Å²) in [6, 6.07) is 4.12. The van der Waals surface area contributed by atoms with Crippen LogP contribution in [0.3, 0.4) is 0 Å². The standard InChI is InChI=1S/C23H29N7OS/c1-14-10-29(13-24-14)21-9-8-19(25-16(21)3)20-12-32-23(26-20)27-22-17-6-4-5-7-18(17)28-30(22)11-15(2)31/h8-10,12-13,15,23,26-27,31H,4-7,11H2,1-3H3. The van der Waals surface area contributed by atoms with Gasteiger partial charge < -0.3 is 20.3 Å². The normalized spacial score (nSPS) is 18.8. The zero-order valence-corrected chi connectivity index (χ0v) is 19.5. The number of thioether (sulfide) groups is 1. The van der Waals surface area contributed by atoms with Gasteiger partial charge in [0.1, 0.15) is 5.82 Å². The molecule has 0 saturated heterocycles. The van der Waals surface area contributed by atoms with Gasteiger partial charge in [-0.05, 0) is 58.6 Å². The first-order valence-corrected chi connectivity index (χ1v) is 12.1. The van der Waals surface area contributed by atoms with Crippen molar-refractivity contribution in [2.45, 2.75) is 64.6 Å². The van der Waals surface area contributed by atoms with E-state index in [0.29, 0.717) is 6.54 Å². The Bertz CT molecular complexity index is 1160. The summed E-state index contributed by atoms with van der Waals surface area (Å²) in [5.74, 6) is 1.02. The summed E-state index contributed by atoms with van der Waals surface area (Å²) < 4.78 is 3.94. The average Bonchev–Trinajstić information content (AvgIpc) is 3.48. The molecule has 168 valence electrons. The summed E-state index contributed by atoms with van der Waals surface area (Å²) in [5.41, 5.74) is 7.32. The second-order valence-corrected chi connectivity index (χ2v) is 9.55. The lowest BCUT2D eigenvalue weighted by molar-refractivity contribution is 0.169. The van der Waals surface area contributed by atoms with Gasteiger partial charge in [-0.25, -0.2) is 14.6 Å². The molecule has 3 aromatic heterocycles. The molecule has 5 rings (SSSR count). The van der Waals surface area contributed by atoms with E-state index in [4.69, 9.17) is 10.1 Å². The first-order chi connectivity index (χ1) is 15.5. The van der Waals surface area contributed by atoms with Crippen molar-refractivity contribution in [3.05, 3.63) is 58.4 Å². The Morgan fingerprint density at radius 2 is 2.12 bits per heavy atom. The fourth-order valence-electron chi connectivity index (χ4n) is 4.35. The van der Waals surface area contributed by atoms with E-state index in [0.717, 1.165) is 52.8 Å². The zero-order chi connectivity index (χ0) is 22.2. The van der Waals surface area contributed by atoms with Crippen molar-refractivity contribution in [3.63, 3.8) is 0 Å². The fourth-order valence-corrected chi connectivity index (χ4v) is 5.19. The number of anilines is 1. The van der Waals surface area contributed by atoms with Gasteiger partial charge in [-0.2, -0.15) is 5.10 Å². The van der Waals surface area contributed by atoms with Crippen LogP contribution in [0.2, 0.25) is 0 Å². The number of hydrogen-bond acceptors (Lipinski definition) is 7. The lowest BCUT2D eigenvalue weighted by Gasteiger charge is -2.20. The molecule has 4 heterocycles. The maximum atomic E-state index is 9.94. The van der Waals surface area contributed by atoms with Crippen LogP contribution in [0.1, 0.15) is 48.1 Å². The van der Waals surface area contributed by atoms with E-state index in [1.807, 2.05) is 41.7 Å². The molecule has 1 aliphatic carbocycles. The summed E-state index contributed by atoms with van der Waals surface area (Å²) in [5, 5.41) is 24.0. The van der Waals surface area contributed by atoms with Gasteiger partial charge in [0.05, 0.1) is 53.1 Å². The first-order valence-electron chi connectivity index (χ1n) is 11.1.